The number of aliphatic carboxylic acids is 1. The van der Waals surface area contributed by atoms with Crippen LogP contribution < -0.4 is 4.90 Å². The van der Waals surface area contributed by atoms with Gasteiger partial charge in [0, 0.05) is 31.4 Å². The number of carboxylic acid groups (broad SMARTS) is 1. The SMILES string of the molecule is CN(CCC(=O)O)c1cccc([N+](=O)[O-])c1. The summed E-state index contributed by atoms with van der Waals surface area (Å²) in [5.74, 6) is -0.891. The number of nitro benzene ring substituents is 1. The van der Waals surface area contributed by atoms with Gasteiger partial charge in [-0.15, -0.1) is 0 Å². The van der Waals surface area contributed by atoms with Crippen molar-refractivity contribution >= 4 is 17.3 Å². The summed E-state index contributed by atoms with van der Waals surface area (Å²) in [7, 11) is 1.70. The number of carboxylic acids is 1. The Morgan fingerprint density at radius 2 is 2.25 bits per heavy atom. The molecule has 1 aromatic carbocycles. The maximum absolute atomic E-state index is 10.5. The summed E-state index contributed by atoms with van der Waals surface area (Å²) in [6, 6.07) is 6.09. The molecule has 16 heavy (non-hydrogen) atoms. The number of hydrogen-bond acceptors (Lipinski definition) is 4. The summed E-state index contributed by atoms with van der Waals surface area (Å²) >= 11 is 0. The molecule has 0 amide bonds. The van der Waals surface area contributed by atoms with Crippen LogP contribution in [0, 0.1) is 10.1 Å². The largest absolute Gasteiger partial charge is 0.481 e. The van der Waals surface area contributed by atoms with E-state index in [-0.39, 0.29) is 12.1 Å². The number of non-ortho nitro benzene ring substituents is 1. The van der Waals surface area contributed by atoms with E-state index in [0.29, 0.717) is 12.2 Å². The van der Waals surface area contributed by atoms with Crippen molar-refractivity contribution in [3.8, 4) is 0 Å². The number of nitro groups is 1. The molecule has 0 aliphatic carbocycles. The van der Waals surface area contributed by atoms with Crippen LogP contribution in [0.15, 0.2) is 24.3 Å². The quantitative estimate of drug-likeness (QED) is 0.605. The molecule has 0 unspecified atom stereocenters. The van der Waals surface area contributed by atoms with Crippen molar-refractivity contribution in [1.29, 1.82) is 0 Å². The van der Waals surface area contributed by atoms with E-state index >= 15 is 0 Å². The Morgan fingerprint density at radius 3 is 2.81 bits per heavy atom. The summed E-state index contributed by atoms with van der Waals surface area (Å²) in [5.41, 5.74) is 0.634. The molecule has 0 aromatic heterocycles. The Labute approximate surface area is 92.3 Å². The number of anilines is 1. The Balaban J connectivity index is 2.75. The molecular weight excluding hydrogens is 212 g/mol. The first-order chi connectivity index (χ1) is 7.50. The van der Waals surface area contributed by atoms with Crippen molar-refractivity contribution in [3.05, 3.63) is 34.4 Å². The second kappa shape index (κ2) is 5.11. The molecule has 86 valence electrons. The van der Waals surface area contributed by atoms with Gasteiger partial charge in [0.1, 0.15) is 0 Å². The molecule has 0 heterocycles. The van der Waals surface area contributed by atoms with Gasteiger partial charge in [-0.05, 0) is 6.07 Å². The molecule has 0 saturated carbocycles. The second-order valence-corrected chi connectivity index (χ2v) is 3.34. The zero-order chi connectivity index (χ0) is 12.1. The number of benzene rings is 1. The lowest BCUT2D eigenvalue weighted by molar-refractivity contribution is -0.384. The first-order valence-corrected chi connectivity index (χ1v) is 4.68. The fraction of sp³-hybridized carbons (Fsp3) is 0.300. The van der Waals surface area contributed by atoms with Crippen LogP contribution >= 0.6 is 0 Å². The first-order valence-electron chi connectivity index (χ1n) is 4.68. The van der Waals surface area contributed by atoms with Crippen molar-refractivity contribution in [3.63, 3.8) is 0 Å². The average Bonchev–Trinajstić information content (AvgIpc) is 2.26. The third-order valence-corrected chi connectivity index (χ3v) is 2.14. The standard InChI is InChI=1S/C10H12N2O4/c1-11(6-5-10(13)14)8-3-2-4-9(7-8)12(15)16/h2-4,7H,5-6H2,1H3,(H,13,14). The average molecular weight is 224 g/mol. The molecule has 1 aromatic rings. The van der Waals surface area contributed by atoms with Crippen molar-refractivity contribution in [2.24, 2.45) is 0 Å². The van der Waals surface area contributed by atoms with Gasteiger partial charge < -0.3 is 10.0 Å². The topological polar surface area (TPSA) is 83.7 Å². The van der Waals surface area contributed by atoms with E-state index in [1.807, 2.05) is 0 Å². The van der Waals surface area contributed by atoms with Gasteiger partial charge in [-0.3, -0.25) is 14.9 Å². The summed E-state index contributed by atoms with van der Waals surface area (Å²) in [6.45, 7) is 0.316. The van der Waals surface area contributed by atoms with E-state index in [9.17, 15) is 14.9 Å². The lowest BCUT2D eigenvalue weighted by Crippen LogP contribution is -2.20. The van der Waals surface area contributed by atoms with Crippen molar-refractivity contribution in [1.82, 2.24) is 0 Å². The van der Waals surface area contributed by atoms with Crippen molar-refractivity contribution < 1.29 is 14.8 Å². The molecule has 0 fully saturated rings. The van der Waals surface area contributed by atoms with Gasteiger partial charge >= 0.3 is 5.97 Å². The summed E-state index contributed by atoms with van der Waals surface area (Å²) in [5, 5.41) is 19.1. The van der Waals surface area contributed by atoms with Gasteiger partial charge in [0.15, 0.2) is 0 Å². The maximum Gasteiger partial charge on any atom is 0.305 e. The van der Waals surface area contributed by atoms with E-state index in [2.05, 4.69) is 0 Å². The van der Waals surface area contributed by atoms with Gasteiger partial charge in [-0.1, -0.05) is 6.07 Å². The van der Waals surface area contributed by atoms with Gasteiger partial charge in [0.25, 0.3) is 5.69 Å². The normalized spacial score (nSPS) is 9.81. The highest BCUT2D eigenvalue weighted by molar-refractivity contribution is 5.67. The zero-order valence-corrected chi connectivity index (χ0v) is 8.79. The highest BCUT2D eigenvalue weighted by Gasteiger charge is 2.09. The molecule has 6 heteroatoms. The van der Waals surface area contributed by atoms with Crippen LogP contribution in [0.4, 0.5) is 11.4 Å². The monoisotopic (exact) mass is 224 g/mol. The maximum atomic E-state index is 10.5. The van der Waals surface area contributed by atoms with E-state index in [1.54, 1.807) is 24.1 Å². The summed E-state index contributed by atoms with van der Waals surface area (Å²) in [4.78, 5) is 22.1. The van der Waals surface area contributed by atoms with Crippen LogP contribution in [0.25, 0.3) is 0 Å². The van der Waals surface area contributed by atoms with Gasteiger partial charge in [0.2, 0.25) is 0 Å². The van der Waals surface area contributed by atoms with Crippen LogP contribution in [0.2, 0.25) is 0 Å². The van der Waals surface area contributed by atoms with Gasteiger partial charge in [-0.25, -0.2) is 0 Å². The molecular formula is C10H12N2O4. The molecule has 0 spiro atoms. The molecule has 1 rings (SSSR count). The lowest BCUT2D eigenvalue weighted by Gasteiger charge is -2.17. The van der Waals surface area contributed by atoms with Crippen molar-refractivity contribution in [2.75, 3.05) is 18.5 Å². The molecule has 6 nitrogen and oxygen atoms in total. The molecule has 0 saturated heterocycles. The van der Waals surface area contributed by atoms with E-state index in [1.165, 1.54) is 12.1 Å². The highest BCUT2D eigenvalue weighted by atomic mass is 16.6. The van der Waals surface area contributed by atoms with Crippen molar-refractivity contribution in [2.45, 2.75) is 6.42 Å². The van der Waals surface area contributed by atoms with Gasteiger partial charge in [0.05, 0.1) is 11.3 Å². The number of nitrogens with zero attached hydrogens (tertiary/aromatic N) is 2. The Kier molecular flexibility index (Phi) is 3.82. The molecule has 0 bridgehead atoms. The van der Waals surface area contributed by atoms with E-state index in [4.69, 9.17) is 5.11 Å². The van der Waals surface area contributed by atoms with Crippen LogP contribution in [0.1, 0.15) is 6.42 Å². The summed E-state index contributed by atoms with van der Waals surface area (Å²) in [6.07, 6.45) is -0.000802. The van der Waals surface area contributed by atoms with Crippen LogP contribution in [0.5, 0.6) is 0 Å². The Morgan fingerprint density at radius 1 is 1.56 bits per heavy atom. The fourth-order valence-corrected chi connectivity index (χ4v) is 1.24. The van der Waals surface area contributed by atoms with Gasteiger partial charge in [-0.2, -0.15) is 0 Å². The van der Waals surface area contributed by atoms with E-state index in [0.717, 1.165) is 0 Å². The molecule has 0 radical (unpaired) electrons. The minimum atomic E-state index is -0.891. The lowest BCUT2D eigenvalue weighted by atomic mass is 10.2. The Bertz CT molecular complexity index is 406. The predicted molar refractivity (Wildman–Crippen MR) is 58.6 cm³/mol. The zero-order valence-electron chi connectivity index (χ0n) is 8.79. The first kappa shape index (κ1) is 12.0. The highest BCUT2D eigenvalue weighted by Crippen LogP contribution is 2.19. The fourth-order valence-electron chi connectivity index (χ4n) is 1.24. The minimum Gasteiger partial charge on any atom is -0.481 e. The minimum absolute atomic E-state index is 0.000301. The predicted octanol–water partition coefficient (Wildman–Crippen LogP) is 1.51. The van der Waals surface area contributed by atoms with Crippen LogP contribution in [-0.4, -0.2) is 29.6 Å². The number of hydrogen-bond donors (Lipinski definition) is 1. The third kappa shape index (κ3) is 3.23. The molecule has 0 atom stereocenters. The third-order valence-electron chi connectivity index (χ3n) is 2.14. The number of carbonyl (C=O) groups is 1. The van der Waals surface area contributed by atoms with Crippen LogP contribution in [0.3, 0.4) is 0 Å². The molecule has 1 N–H and O–H groups in total. The van der Waals surface area contributed by atoms with E-state index < -0.39 is 10.9 Å². The molecule has 0 aliphatic heterocycles. The van der Waals surface area contributed by atoms with Crippen LogP contribution in [-0.2, 0) is 4.79 Å². The summed E-state index contributed by atoms with van der Waals surface area (Å²) < 4.78 is 0. The Hall–Kier alpha value is -2.11. The molecule has 0 aliphatic rings. The number of rotatable bonds is 5. The second-order valence-electron chi connectivity index (χ2n) is 3.34. The smallest absolute Gasteiger partial charge is 0.305 e.